The highest BCUT2D eigenvalue weighted by atomic mass is 32.1. The number of likely N-dealkylation sites (tertiary alicyclic amines) is 1. The van der Waals surface area contributed by atoms with Gasteiger partial charge in [-0.15, -0.1) is 11.3 Å². The molecule has 6 heteroatoms. The molecule has 1 saturated heterocycles. The zero-order valence-corrected chi connectivity index (χ0v) is 17.9. The van der Waals surface area contributed by atoms with Gasteiger partial charge in [-0.2, -0.15) is 0 Å². The van der Waals surface area contributed by atoms with Crippen LogP contribution in [0.25, 0.3) is 10.2 Å². The molecule has 2 aliphatic heterocycles. The van der Waals surface area contributed by atoms with Crippen LogP contribution in [0.4, 0.5) is 0 Å². The Kier molecular flexibility index (Phi) is 5.85. The highest BCUT2D eigenvalue weighted by Gasteiger charge is 2.27. The van der Waals surface area contributed by atoms with E-state index in [1.165, 1.54) is 30.6 Å². The van der Waals surface area contributed by atoms with Gasteiger partial charge in [0.15, 0.2) is 0 Å². The van der Waals surface area contributed by atoms with Crippen molar-refractivity contribution in [3.63, 3.8) is 0 Å². The molecule has 0 spiro atoms. The van der Waals surface area contributed by atoms with E-state index >= 15 is 0 Å². The van der Waals surface area contributed by atoms with Crippen molar-refractivity contribution in [2.75, 3.05) is 13.1 Å². The van der Waals surface area contributed by atoms with Gasteiger partial charge in [0.05, 0.1) is 10.3 Å². The minimum Gasteiger partial charge on any atom is -0.338 e. The van der Waals surface area contributed by atoms with Gasteiger partial charge in [0.1, 0.15) is 10.7 Å². The molecule has 2 aromatic heterocycles. The Labute approximate surface area is 170 Å². The molecule has 152 valence electrons. The van der Waals surface area contributed by atoms with Crippen molar-refractivity contribution in [1.82, 2.24) is 14.5 Å². The summed E-state index contributed by atoms with van der Waals surface area (Å²) in [5.41, 5.74) is 0.880. The number of hydrogen-bond acceptors (Lipinski definition) is 4. The molecule has 1 atom stereocenters. The molecule has 0 saturated carbocycles. The lowest BCUT2D eigenvalue weighted by Crippen LogP contribution is -2.32. The number of rotatable bonds is 3. The average Bonchev–Trinajstić information content (AvgIpc) is 2.88. The van der Waals surface area contributed by atoms with Crippen molar-refractivity contribution >= 4 is 27.5 Å². The molecular weight excluding hydrogens is 370 g/mol. The van der Waals surface area contributed by atoms with Gasteiger partial charge in [-0.1, -0.05) is 26.2 Å². The van der Waals surface area contributed by atoms with Crippen molar-refractivity contribution in [3.8, 4) is 0 Å². The third-order valence-electron chi connectivity index (χ3n) is 6.44. The highest BCUT2D eigenvalue weighted by Crippen LogP contribution is 2.31. The first-order chi connectivity index (χ1) is 13.6. The van der Waals surface area contributed by atoms with Gasteiger partial charge in [0, 0.05) is 26.1 Å². The topological polar surface area (TPSA) is 55.2 Å². The van der Waals surface area contributed by atoms with Crippen molar-refractivity contribution in [2.24, 2.45) is 5.92 Å². The molecule has 0 N–H and O–H groups in total. The number of carbonyl (C=O) groups is 1. The minimum absolute atomic E-state index is 0.0496. The van der Waals surface area contributed by atoms with E-state index in [9.17, 15) is 9.59 Å². The number of carbonyl (C=O) groups excluding carboxylic acids is 1. The summed E-state index contributed by atoms with van der Waals surface area (Å²) in [5.74, 6) is 1.73. The Morgan fingerprint density at radius 1 is 1.14 bits per heavy atom. The zero-order valence-electron chi connectivity index (χ0n) is 17.1. The molecule has 0 bridgehead atoms. The third kappa shape index (κ3) is 3.63. The zero-order chi connectivity index (χ0) is 19.7. The van der Waals surface area contributed by atoms with Crippen LogP contribution in [0.5, 0.6) is 0 Å². The maximum Gasteiger partial charge on any atom is 0.264 e. The quantitative estimate of drug-likeness (QED) is 0.759. The second-order valence-electron chi connectivity index (χ2n) is 8.41. The van der Waals surface area contributed by atoms with Gasteiger partial charge in [0.2, 0.25) is 0 Å². The number of fused-ring (bicyclic) bond motifs is 2. The van der Waals surface area contributed by atoms with Crippen LogP contribution in [0, 0.1) is 12.8 Å². The van der Waals surface area contributed by atoms with Crippen molar-refractivity contribution in [2.45, 2.75) is 78.2 Å². The predicted molar refractivity (Wildman–Crippen MR) is 114 cm³/mol. The standard InChI is InChI=1S/C22H31N3O2S/c1-3-8-16-9-7-12-24(14-11-16)22(27)19-15(2)18-20(28-19)23-17-10-5-4-6-13-25(17)21(18)26/h16H,3-14H2,1-2H3. The fraction of sp³-hybridized carbons (Fsp3) is 0.682. The van der Waals surface area contributed by atoms with Crippen molar-refractivity contribution in [1.29, 1.82) is 0 Å². The smallest absolute Gasteiger partial charge is 0.264 e. The first-order valence-electron chi connectivity index (χ1n) is 10.9. The van der Waals surface area contributed by atoms with E-state index in [2.05, 4.69) is 6.92 Å². The molecule has 28 heavy (non-hydrogen) atoms. The lowest BCUT2D eigenvalue weighted by atomic mass is 9.96. The van der Waals surface area contributed by atoms with Gasteiger partial charge in [-0.3, -0.25) is 14.2 Å². The van der Waals surface area contributed by atoms with Crippen LogP contribution >= 0.6 is 11.3 Å². The summed E-state index contributed by atoms with van der Waals surface area (Å²) in [6, 6.07) is 0. The van der Waals surface area contributed by atoms with Gasteiger partial charge in [-0.05, 0) is 50.5 Å². The summed E-state index contributed by atoms with van der Waals surface area (Å²) in [7, 11) is 0. The van der Waals surface area contributed by atoms with Crippen LogP contribution < -0.4 is 5.56 Å². The molecular formula is C22H31N3O2S. The Balaban J connectivity index is 1.66. The second kappa shape index (κ2) is 8.36. The van der Waals surface area contributed by atoms with Crippen LogP contribution in [0.1, 0.15) is 79.3 Å². The number of aryl methyl sites for hydroxylation is 2. The summed E-state index contributed by atoms with van der Waals surface area (Å²) in [5, 5.41) is 0.665. The lowest BCUT2D eigenvalue weighted by molar-refractivity contribution is 0.0764. The summed E-state index contributed by atoms with van der Waals surface area (Å²) in [6.07, 6.45) is 9.99. The maximum atomic E-state index is 13.3. The third-order valence-corrected chi connectivity index (χ3v) is 7.61. The number of amides is 1. The van der Waals surface area contributed by atoms with Crippen LogP contribution in [0.3, 0.4) is 0 Å². The SMILES string of the molecule is CCCC1CCCN(C(=O)c2sc3nc4n(c(=O)c3c2C)CCCCC4)CC1. The van der Waals surface area contributed by atoms with Gasteiger partial charge < -0.3 is 4.90 Å². The second-order valence-corrected chi connectivity index (χ2v) is 9.41. The fourth-order valence-corrected chi connectivity index (χ4v) is 5.98. The first kappa shape index (κ1) is 19.6. The lowest BCUT2D eigenvalue weighted by Gasteiger charge is -2.20. The molecule has 1 fully saturated rings. The Morgan fingerprint density at radius 3 is 2.82 bits per heavy atom. The molecule has 1 unspecified atom stereocenters. The van der Waals surface area contributed by atoms with Crippen LogP contribution in [-0.4, -0.2) is 33.4 Å². The predicted octanol–water partition coefficient (Wildman–Crippen LogP) is 4.54. The van der Waals surface area contributed by atoms with Crippen molar-refractivity contribution < 1.29 is 4.79 Å². The van der Waals surface area contributed by atoms with E-state index in [0.717, 1.165) is 80.3 Å². The molecule has 2 aromatic rings. The minimum atomic E-state index is 0.0496. The highest BCUT2D eigenvalue weighted by molar-refractivity contribution is 7.20. The summed E-state index contributed by atoms with van der Waals surface area (Å²) in [6.45, 7) is 6.58. The molecule has 4 heterocycles. The molecule has 5 nitrogen and oxygen atoms in total. The fourth-order valence-electron chi connectivity index (χ4n) is 4.82. The Morgan fingerprint density at radius 2 is 2.00 bits per heavy atom. The van der Waals surface area contributed by atoms with Crippen LogP contribution in [-0.2, 0) is 13.0 Å². The van der Waals surface area contributed by atoms with E-state index in [1.807, 2.05) is 16.4 Å². The average molecular weight is 402 g/mol. The number of nitrogens with zero attached hydrogens (tertiary/aromatic N) is 3. The molecule has 0 aliphatic carbocycles. The summed E-state index contributed by atoms with van der Waals surface area (Å²) < 4.78 is 1.85. The van der Waals surface area contributed by atoms with E-state index in [1.54, 1.807) is 0 Å². The molecule has 1 amide bonds. The summed E-state index contributed by atoms with van der Waals surface area (Å²) >= 11 is 1.42. The normalized spacial score (nSPS) is 20.6. The number of hydrogen-bond donors (Lipinski definition) is 0. The first-order valence-corrected chi connectivity index (χ1v) is 11.7. The van der Waals surface area contributed by atoms with E-state index in [0.29, 0.717) is 10.3 Å². The van der Waals surface area contributed by atoms with Gasteiger partial charge in [-0.25, -0.2) is 4.98 Å². The van der Waals surface area contributed by atoms with Gasteiger partial charge >= 0.3 is 0 Å². The molecule has 2 aliphatic rings. The Bertz CT molecular complexity index is 930. The monoisotopic (exact) mass is 401 g/mol. The number of thiophene rings is 1. The molecule has 0 aromatic carbocycles. The van der Waals surface area contributed by atoms with Crippen LogP contribution in [0.2, 0.25) is 0 Å². The van der Waals surface area contributed by atoms with Crippen molar-refractivity contribution in [3.05, 3.63) is 26.6 Å². The largest absolute Gasteiger partial charge is 0.338 e. The van der Waals surface area contributed by atoms with Crippen LogP contribution in [0.15, 0.2) is 4.79 Å². The molecule has 4 rings (SSSR count). The van der Waals surface area contributed by atoms with E-state index in [-0.39, 0.29) is 11.5 Å². The number of aromatic nitrogens is 2. The van der Waals surface area contributed by atoms with E-state index < -0.39 is 0 Å². The summed E-state index contributed by atoms with van der Waals surface area (Å²) in [4.78, 5) is 34.7. The van der Waals surface area contributed by atoms with Gasteiger partial charge in [0.25, 0.3) is 11.5 Å². The molecule has 0 radical (unpaired) electrons. The van der Waals surface area contributed by atoms with E-state index in [4.69, 9.17) is 4.98 Å². The maximum absolute atomic E-state index is 13.3. The Hall–Kier alpha value is -1.69.